The normalized spacial score (nSPS) is 10.4. The fourth-order valence-electron chi connectivity index (χ4n) is 2.09. The molecule has 1 amide bonds. The third-order valence-corrected chi connectivity index (χ3v) is 4.73. The number of carbonyl (C=O) groups excluding carboxylic acids is 1. The Labute approximate surface area is 127 Å². The lowest BCUT2D eigenvalue weighted by Gasteiger charge is -2.16. The van der Waals surface area contributed by atoms with Gasteiger partial charge in [0.2, 0.25) is 0 Å². The number of nitrogens with zero attached hydrogens (tertiary/aromatic N) is 1. The van der Waals surface area contributed by atoms with Crippen molar-refractivity contribution in [3.8, 4) is 0 Å². The van der Waals surface area contributed by atoms with Crippen molar-refractivity contribution in [2.45, 2.75) is 20.3 Å². The van der Waals surface area contributed by atoms with Gasteiger partial charge in [0, 0.05) is 17.6 Å². The van der Waals surface area contributed by atoms with Crippen LogP contribution in [0.4, 0.5) is 5.69 Å². The fourth-order valence-corrected chi connectivity index (χ4v) is 3.18. The van der Waals surface area contributed by atoms with E-state index in [-0.39, 0.29) is 11.5 Å². The molecule has 21 heavy (non-hydrogen) atoms. The van der Waals surface area contributed by atoms with E-state index in [4.69, 9.17) is 5.11 Å². The van der Waals surface area contributed by atoms with Crippen LogP contribution in [0.5, 0.6) is 0 Å². The third kappa shape index (κ3) is 3.13. The number of benzene rings is 1. The van der Waals surface area contributed by atoms with E-state index in [0.717, 1.165) is 12.0 Å². The van der Waals surface area contributed by atoms with Gasteiger partial charge in [-0.2, -0.15) is 0 Å². The highest BCUT2D eigenvalue weighted by atomic mass is 32.1. The van der Waals surface area contributed by atoms with Crippen LogP contribution < -0.4 is 4.90 Å². The van der Waals surface area contributed by atoms with Crippen LogP contribution in [0, 0.1) is 6.92 Å². The van der Waals surface area contributed by atoms with Crippen LogP contribution in [0.15, 0.2) is 30.3 Å². The first-order chi connectivity index (χ1) is 9.93. The molecule has 4 nitrogen and oxygen atoms in total. The smallest absolute Gasteiger partial charge is 0.335 e. The summed E-state index contributed by atoms with van der Waals surface area (Å²) in [5.41, 5.74) is 2.02. The lowest BCUT2D eigenvalue weighted by molar-refractivity contribution is 0.0696. The van der Waals surface area contributed by atoms with Crippen LogP contribution in [-0.4, -0.2) is 24.0 Å². The molecule has 2 rings (SSSR count). The zero-order chi connectivity index (χ0) is 15.6. The summed E-state index contributed by atoms with van der Waals surface area (Å²) in [6, 6.07) is 8.19. The third-order valence-electron chi connectivity index (χ3n) is 3.36. The Bertz CT molecular complexity index is 673. The molecule has 1 N–H and O–H groups in total. The van der Waals surface area contributed by atoms with Crippen LogP contribution in [-0.2, 0) is 6.42 Å². The minimum atomic E-state index is -0.975. The number of hydrogen-bond donors (Lipinski definition) is 1. The maximum atomic E-state index is 12.5. The number of carboxylic acids is 1. The number of carboxylic acid groups (broad SMARTS) is 1. The molecule has 0 unspecified atom stereocenters. The molecule has 0 spiro atoms. The summed E-state index contributed by atoms with van der Waals surface area (Å²) < 4.78 is 0. The summed E-state index contributed by atoms with van der Waals surface area (Å²) in [5, 5.41) is 8.88. The Morgan fingerprint density at radius 3 is 2.33 bits per heavy atom. The molecule has 0 radical (unpaired) electrons. The van der Waals surface area contributed by atoms with E-state index in [9.17, 15) is 9.59 Å². The molecule has 1 aromatic heterocycles. The van der Waals surface area contributed by atoms with Crippen molar-refractivity contribution in [3.63, 3.8) is 0 Å². The van der Waals surface area contributed by atoms with Crippen LogP contribution in [0.25, 0.3) is 0 Å². The molecule has 0 saturated carbocycles. The largest absolute Gasteiger partial charge is 0.478 e. The van der Waals surface area contributed by atoms with Crippen molar-refractivity contribution in [2.24, 2.45) is 0 Å². The van der Waals surface area contributed by atoms with Crippen LogP contribution >= 0.6 is 11.3 Å². The van der Waals surface area contributed by atoms with Crippen molar-refractivity contribution in [3.05, 3.63) is 51.2 Å². The van der Waals surface area contributed by atoms with E-state index in [1.54, 1.807) is 19.2 Å². The highest BCUT2D eigenvalue weighted by Crippen LogP contribution is 2.25. The molecule has 5 heteroatoms. The number of aromatic carboxylic acids is 1. The maximum absolute atomic E-state index is 12.5. The molecule has 0 fully saturated rings. The molecule has 110 valence electrons. The number of rotatable bonds is 4. The lowest BCUT2D eigenvalue weighted by atomic mass is 10.2. The lowest BCUT2D eigenvalue weighted by Crippen LogP contribution is -2.25. The zero-order valence-electron chi connectivity index (χ0n) is 12.2. The standard InChI is InChI=1S/C16H17NO3S/c1-4-13-10(2)9-14(21-13)15(18)17(3)12-7-5-11(6-8-12)16(19)20/h5-9H,4H2,1-3H3,(H,19,20). The molecule has 0 aliphatic rings. The molecule has 0 bridgehead atoms. The minimum absolute atomic E-state index is 0.0779. The van der Waals surface area contributed by atoms with Crippen molar-refractivity contribution in [1.82, 2.24) is 0 Å². The molecule has 0 saturated heterocycles. The van der Waals surface area contributed by atoms with Crippen LogP contribution in [0.3, 0.4) is 0 Å². The number of carbonyl (C=O) groups is 2. The van der Waals surface area contributed by atoms with E-state index < -0.39 is 5.97 Å². The Morgan fingerprint density at radius 1 is 1.24 bits per heavy atom. The van der Waals surface area contributed by atoms with Crippen LogP contribution in [0.2, 0.25) is 0 Å². The first-order valence-electron chi connectivity index (χ1n) is 6.64. The molecule has 0 atom stereocenters. The van der Waals surface area contributed by atoms with Crippen molar-refractivity contribution in [2.75, 3.05) is 11.9 Å². The summed E-state index contributed by atoms with van der Waals surface area (Å²) >= 11 is 1.51. The number of hydrogen-bond acceptors (Lipinski definition) is 3. The van der Waals surface area contributed by atoms with Gasteiger partial charge in [-0.3, -0.25) is 4.79 Å². The SMILES string of the molecule is CCc1sc(C(=O)N(C)c2ccc(C(=O)O)cc2)cc1C. The van der Waals surface area contributed by atoms with E-state index >= 15 is 0 Å². The second-order valence-electron chi connectivity index (χ2n) is 4.79. The molecular weight excluding hydrogens is 286 g/mol. The average molecular weight is 303 g/mol. The minimum Gasteiger partial charge on any atom is -0.478 e. The number of thiophene rings is 1. The number of aryl methyl sites for hydroxylation is 2. The second kappa shape index (κ2) is 6.10. The van der Waals surface area contributed by atoms with Gasteiger partial charge in [-0.1, -0.05) is 6.92 Å². The Balaban J connectivity index is 2.23. The zero-order valence-corrected chi connectivity index (χ0v) is 13.0. The summed E-state index contributed by atoms with van der Waals surface area (Å²) in [7, 11) is 1.69. The predicted molar refractivity (Wildman–Crippen MR) is 84.6 cm³/mol. The molecule has 1 aromatic carbocycles. The quantitative estimate of drug-likeness (QED) is 0.939. The van der Waals surface area contributed by atoms with Gasteiger partial charge in [0.25, 0.3) is 5.91 Å². The van der Waals surface area contributed by atoms with Gasteiger partial charge in [-0.25, -0.2) is 4.79 Å². The molecular formula is C16H17NO3S. The van der Waals surface area contributed by atoms with Gasteiger partial charge in [0.05, 0.1) is 10.4 Å². The highest BCUT2D eigenvalue weighted by molar-refractivity contribution is 7.14. The van der Waals surface area contributed by atoms with E-state index in [2.05, 4.69) is 6.92 Å². The highest BCUT2D eigenvalue weighted by Gasteiger charge is 2.17. The van der Waals surface area contributed by atoms with E-state index in [1.165, 1.54) is 33.2 Å². The van der Waals surface area contributed by atoms with Gasteiger partial charge < -0.3 is 10.0 Å². The Morgan fingerprint density at radius 2 is 1.86 bits per heavy atom. The summed E-state index contributed by atoms with van der Waals surface area (Å²) in [6.45, 7) is 4.08. The Kier molecular flexibility index (Phi) is 4.43. The predicted octanol–water partition coefficient (Wildman–Crippen LogP) is 3.59. The van der Waals surface area contributed by atoms with Gasteiger partial charge >= 0.3 is 5.97 Å². The molecule has 0 aliphatic heterocycles. The number of anilines is 1. The van der Waals surface area contributed by atoms with Gasteiger partial charge in [-0.15, -0.1) is 11.3 Å². The average Bonchev–Trinajstić information content (AvgIpc) is 2.87. The van der Waals surface area contributed by atoms with E-state index in [0.29, 0.717) is 10.6 Å². The summed E-state index contributed by atoms with van der Waals surface area (Å²) in [4.78, 5) is 26.8. The van der Waals surface area contributed by atoms with Gasteiger partial charge in [0.15, 0.2) is 0 Å². The van der Waals surface area contributed by atoms with Gasteiger partial charge in [0.1, 0.15) is 0 Å². The maximum Gasteiger partial charge on any atom is 0.335 e. The first-order valence-corrected chi connectivity index (χ1v) is 7.46. The fraction of sp³-hybridized carbons (Fsp3) is 0.250. The molecule has 0 aliphatic carbocycles. The van der Waals surface area contributed by atoms with Crippen molar-refractivity contribution in [1.29, 1.82) is 0 Å². The monoisotopic (exact) mass is 303 g/mol. The summed E-state index contributed by atoms with van der Waals surface area (Å²) in [6.07, 6.45) is 0.917. The van der Waals surface area contributed by atoms with Crippen LogP contribution in [0.1, 0.15) is 37.4 Å². The van der Waals surface area contributed by atoms with E-state index in [1.807, 2.05) is 13.0 Å². The number of amides is 1. The Hall–Kier alpha value is -2.14. The first kappa shape index (κ1) is 15.3. The molecule has 2 aromatic rings. The van der Waals surface area contributed by atoms with Gasteiger partial charge in [-0.05, 0) is 49.2 Å². The topological polar surface area (TPSA) is 57.6 Å². The molecule has 1 heterocycles. The van der Waals surface area contributed by atoms with Crippen molar-refractivity contribution >= 4 is 28.9 Å². The second-order valence-corrected chi connectivity index (χ2v) is 5.92. The van der Waals surface area contributed by atoms with Crippen molar-refractivity contribution < 1.29 is 14.7 Å². The summed E-state index contributed by atoms with van der Waals surface area (Å²) in [5.74, 6) is -1.05.